The number of nitrogens with one attached hydrogen (secondary N) is 2. The predicted molar refractivity (Wildman–Crippen MR) is 113 cm³/mol. The summed E-state index contributed by atoms with van der Waals surface area (Å²) < 4.78 is 5.24. The topological polar surface area (TPSA) is 79.9 Å². The minimum atomic E-state index is -0.335. The van der Waals surface area contributed by atoms with Crippen molar-refractivity contribution in [2.75, 3.05) is 12.4 Å². The Labute approximate surface area is 168 Å². The molecule has 0 radical (unpaired) electrons. The van der Waals surface area contributed by atoms with Crippen LogP contribution < -0.4 is 10.1 Å². The van der Waals surface area contributed by atoms with Crippen molar-refractivity contribution < 1.29 is 9.53 Å². The normalized spacial score (nSPS) is 10.3. The van der Waals surface area contributed by atoms with Gasteiger partial charge >= 0.3 is 0 Å². The van der Waals surface area contributed by atoms with Gasteiger partial charge < -0.3 is 15.0 Å². The van der Waals surface area contributed by atoms with Gasteiger partial charge in [-0.1, -0.05) is 18.1 Å². The highest BCUT2D eigenvalue weighted by atomic mass is 16.5. The van der Waals surface area contributed by atoms with E-state index in [1.54, 1.807) is 20.2 Å². The van der Waals surface area contributed by atoms with Crippen molar-refractivity contribution >= 4 is 22.6 Å². The molecule has 0 aliphatic rings. The van der Waals surface area contributed by atoms with E-state index in [2.05, 4.69) is 38.2 Å². The second kappa shape index (κ2) is 7.87. The molecular formula is C23H18N4O2. The lowest BCUT2D eigenvalue weighted by Gasteiger charge is -2.07. The highest BCUT2D eigenvalue weighted by Gasteiger charge is 2.11. The molecule has 0 aliphatic heterocycles. The lowest BCUT2D eigenvalue weighted by Crippen LogP contribution is -2.08. The van der Waals surface area contributed by atoms with E-state index in [4.69, 9.17) is 4.74 Å². The summed E-state index contributed by atoms with van der Waals surface area (Å²) in [5.41, 5.74) is 5.36. The summed E-state index contributed by atoms with van der Waals surface area (Å²) >= 11 is 0. The van der Waals surface area contributed by atoms with Crippen LogP contribution in [-0.2, 0) is 4.79 Å². The average Bonchev–Trinajstić information content (AvgIpc) is 3.17. The first kappa shape index (κ1) is 18.3. The molecule has 2 N–H and O–H groups in total. The van der Waals surface area contributed by atoms with Crippen LogP contribution in [0, 0.1) is 11.8 Å². The molecule has 142 valence electrons. The number of benzene rings is 1. The van der Waals surface area contributed by atoms with Crippen molar-refractivity contribution in [3.8, 4) is 40.0 Å². The molecule has 0 bridgehead atoms. The number of aromatic nitrogens is 3. The van der Waals surface area contributed by atoms with E-state index < -0.39 is 0 Å². The third-order valence-electron chi connectivity index (χ3n) is 4.48. The molecule has 0 unspecified atom stereocenters. The highest BCUT2D eigenvalue weighted by molar-refractivity contribution is 6.04. The summed E-state index contributed by atoms with van der Waals surface area (Å²) in [6.07, 6.45) is 5.45. The lowest BCUT2D eigenvalue weighted by atomic mass is 10.0. The summed E-state index contributed by atoms with van der Waals surface area (Å²) in [7, 11) is 1.60. The van der Waals surface area contributed by atoms with Gasteiger partial charge in [0.2, 0.25) is 5.88 Å². The van der Waals surface area contributed by atoms with E-state index in [9.17, 15) is 4.79 Å². The number of H-pyrrole nitrogens is 1. The number of fused-ring (bicyclic) bond motifs is 1. The van der Waals surface area contributed by atoms with Gasteiger partial charge in [0, 0.05) is 46.9 Å². The number of hydrogen-bond donors (Lipinski definition) is 2. The van der Waals surface area contributed by atoms with E-state index in [0.29, 0.717) is 11.6 Å². The fraction of sp³-hybridized carbons (Fsp3) is 0.0870. The number of methoxy groups -OCH3 is 1. The van der Waals surface area contributed by atoms with Crippen molar-refractivity contribution in [2.45, 2.75) is 6.92 Å². The van der Waals surface area contributed by atoms with Gasteiger partial charge in [-0.25, -0.2) is 9.97 Å². The Morgan fingerprint density at radius 3 is 2.83 bits per heavy atom. The molecule has 0 saturated carbocycles. The molecule has 1 aromatic carbocycles. The standard InChI is InChI=1S/C23H18N4O2/c1-3-5-21(28)27-18-7-4-6-15(10-18)17-11-19-20(14-26-23(19)25-13-17)16-8-9-24-22(12-16)29-2/h4,6-14H,1-2H3,(H,25,26)(H,27,28). The summed E-state index contributed by atoms with van der Waals surface area (Å²) in [4.78, 5) is 23.7. The van der Waals surface area contributed by atoms with Crippen LogP contribution in [0.1, 0.15) is 6.92 Å². The van der Waals surface area contributed by atoms with Crippen LogP contribution >= 0.6 is 0 Å². The number of ether oxygens (including phenoxy) is 1. The first-order valence-corrected chi connectivity index (χ1v) is 8.99. The van der Waals surface area contributed by atoms with E-state index in [0.717, 1.165) is 33.3 Å². The van der Waals surface area contributed by atoms with Gasteiger partial charge in [0.05, 0.1) is 7.11 Å². The van der Waals surface area contributed by atoms with E-state index in [1.807, 2.05) is 48.8 Å². The zero-order valence-electron chi connectivity index (χ0n) is 16.0. The third kappa shape index (κ3) is 3.80. The van der Waals surface area contributed by atoms with Crippen LogP contribution in [0.2, 0.25) is 0 Å². The second-order valence-corrected chi connectivity index (χ2v) is 6.32. The van der Waals surface area contributed by atoms with E-state index >= 15 is 0 Å². The Kier molecular flexibility index (Phi) is 4.95. The lowest BCUT2D eigenvalue weighted by molar-refractivity contribution is -0.111. The molecule has 0 fully saturated rings. The fourth-order valence-corrected chi connectivity index (χ4v) is 3.14. The maximum absolute atomic E-state index is 11.7. The number of nitrogens with zero attached hydrogens (tertiary/aromatic N) is 2. The summed E-state index contributed by atoms with van der Waals surface area (Å²) in [6, 6.07) is 13.5. The molecular weight excluding hydrogens is 364 g/mol. The Balaban J connectivity index is 1.74. The highest BCUT2D eigenvalue weighted by Crippen LogP contribution is 2.32. The number of rotatable bonds is 4. The van der Waals surface area contributed by atoms with Gasteiger partial charge in [-0.15, -0.1) is 0 Å². The molecule has 3 heterocycles. The minimum absolute atomic E-state index is 0.335. The maximum Gasteiger partial charge on any atom is 0.300 e. The zero-order valence-corrected chi connectivity index (χ0v) is 16.0. The number of pyridine rings is 2. The molecule has 0 spiro atoms. The van der Waals surface area contributed by atoms with Crippen LogP contribution in [0.25, 0.3) is 33.3 Å². The second-order valence-electron chi connectivity index (χ2n) is 6.32. The molecule has 6 heteroatoms. The van der Waals surface area contributed by atoms with Crippen LogP contribution in [0.3, 0.4) is 0 Å². The summed E-state index contributed by atoms with van der Waals surface area (Å²) in [5.74, 6) is 5.29. The summed E-state index contributed by atoms with van der Waals surface area (Å²) in [6.45, 7) is 1.63. The number of anilines is 1. The number of aromatic amines is 1. The van der Waals surface area contributed by atoms with Crippen molar-refractivity contribution in [3.05, 3.63) is 61.1 Å². The average molecular weight is 382 g/mol. The molecule has 4 rings (SSSR count). The smallest absolute Gasteiger partial charge is 0.300 e. The van der Waals surface area contributed by atoms with E-state index in [-0.39, 0.29) is 5.91 Å². The largest absolute Gasteiger partial charge is 0.481 e. The Morgan fingerprint density at radius 1 is 1.10 bits per heavy atom. The van der Waals surface area contributed by atoms with Crippen molar-refractivity contribution in [1.82, 2.24) is 15.0 Å². The monoisotopic (exact) mass is 382 g/mol. The minimum Gasteiger partial charge on any atom is -0.481 e. The molecule has 29 heavy (non-hydrogen) atoms. The molecule has 0 saturated heterocycles. The van der Waals surface area contributed by atoms with Crippen LogP contribution in [0.4, 0.5) is 5.69 Å². The number of carbonyl (C=O) groups excluding carboxylic acids is 1. The van der Waals surface area contributed by atoms with Crippen molar-refractivity contribution in [3.63, 3.8) is 0 Å². The van der Waals surface area contributed by atoms with E-state index in [1.165, 1.54) is 0 Å². The fourth-order valence-electron chi connectivity index (χ4n) is 3.14. The van der Waals surface area contributed by atoms with Crippen LogP contribution in [-0.4, -0.2) is 28.0 Å². The third-order valence-corrected chi connectivity index (χ3v) is 4.48. The zero-order chi connectivity index (χ0) is 20.2. The van der Waals surface area contributed by atoms with Gasteiger partial charge in [0.25, 0.3) is 5.91 Å². The first-order valence-electron chi connectivity index (χ1n) is 8.99. The molecule has 4 aromatic rings. The Bertz CT molecular complexity index is 1260. The van der Waals surface area contributed by atoms with Gasteiger partial charge in [-0.3, -0.25) is 4.79 Å². The Morgan fingerprint density at radius 2 is 2.00 bits per heavy atom. The molecule has 1 amide bonds. The van der Waals surface area contributed by atoms with Crippen molar-refractivity contribution in [1.29, 1.82) is 0 Å². The molecule has 0 aliphatic carbocycles. The van der Waals surface area contributed by atoms with Gasteiger partial charge in [-0.05, 0) is 48.2 Å². The van der Waals surface area contributed by atoms with Gasteiger partial charge in [0.1, 0.15) is 5.65 Å². The van der Waals surface area contributed by atoms with Crippen LogP contribution in [0.15, 0.2) is 61.1 Å². The number of carbonyl (C=O) groups is 1. The molecule has 6 nitrogen and oxygen atoms in total. The quantitative estimate of drug-likeness (QED) is 0.517. The molecule has 0 atom stereocenters. The Hall–Kier alpha value is -4.11. The number of hydrogen-bond acceptors (Lipinski definition) is 4. The first-order chi connectivity index (χ1) is 14.2. The number of amides is 1. The predicted octanol–water partition coefficient (Wildman–Crippen LogP) is 4.26. The molecule has 3 aromatic heterocycles. The summed E-state index contributed by atoms with van der Waals surface area (Å²) in [5, 5.41) is 3.76. The maximum atomic E-state index is 11.7. The van der Waals surface area contributed by atoms with Crippen LogP contribution in [0.5, 0.6) is 5.88 Å². The van der Waals surface area contributed by atoms with Gasteiger partial charge in [-0.2, -0.15) is 0 Å². The van der Waals surface area contributed by atoms with Crippen molar-refractivity contribution in [2.24, 2.45) is 0 Å². The van der Waals surface area contributed by atoms with Gasteiger partial charge in [0.15, 0.2) is 0 Å². The SMILES string of the molecule is CC#CC(=O)Nc1cccc(-c2cnc3[nH]cc(-c4ccnc(OC)c4)c3c2)c1.